The van der Waals surface area contributed by atoms with E-state index in [0.717, 1.165) is 12.5 Å². The van der Waals surface area contributed by atoms with Crippen LogP contribution in [0.25, 0.3) is 0 Å². The topological polar surface area (TPSA) is 55.4 Å². The van der Waals surface area contributed by atoms with Crippen molar-refractivity contribution in [1.29, 1.82) is 0 Å². The Morgan fingerprint density at radius 2 is 1.82 bits per heavy atom. The predicted molar refractivity (Wildman–Crippen MR) is 69.6 cm³/mol. The highest BCUT2D eigenvalue weighted by Gasteiger charge is 2.06. The highest BCUT2D eigenvalue weighted by Crippen LogP contribution is 1.91. The molecule has 0 rings (SSSR count). The van der Waals surface area contributed by atoms with Crippen LogP contribution in [0, 0.1) is 5.92 Å². The number of carbonyl (C=O) groups excluding carboxylic acids is 2. The summed E-state index contributed by atoms with van der Waals surface area (Å²) in [6.07, 6.45) is 2.02. The minimum atomic E-state index is -0.341. The lowest BCUT2D eigenvalue weighted by molar-refractivity contribution is -0.137. The van der Waals surface area contributed by atoms with Crippen LogP contribution in [0.4, 0.5) is 0 Å². The fourth-order valence-corrected chi connectivity index (χ4v) is 0.713. The van der Waals surface area contributed by atoms with E-state index in [1.165, 1.54) is 0 Å². The lowest BCUT2D eigenvalue weighted by Crippen LogP contribution is -2.33. The molecule has 1 amide bonds. The molecule has 4 nitrogen and oxygen atoms in total. The van der Waals surface area contributed by atoms with Gasteiger partial charge < -0.3 is 10.1 Å². The Bertz CT molecular complexity index is 235. The summed E-state index contributed by atoms with van der Waals surface area (Å²) in [4.78, 5) is 21.1. The maximum absolute atomic E-state index is 10.8. The highest BCUT2D eigenvalue weighted by atomic mass is 16.5. The molecule has 100 valence electrons. The molecule has 0 bridgehead atoms. The minimum absolute atomic E-state index is 0.104. The number of ether oxygens (including phenoxy) is 1. The standard InChI is InChI=1S/C7H15NO.C6H10O2/c1-5(2)7(9)8-6(3)4;1-3-5-8-6(7)4-2/h5-6H,1-4H3,(H,8,9);4H,2-3,5H2,1H3. The Morgan fingerprint density at radius 3 is 2.06 bits per heavy atom. The van der Waals surface area contributed by atoms with E-state index in [2.05, 4.69) is 16.6 Å². The third kappa shape index (κ3) is 14.7. The average molecular weight is 243 g/mol. The van der Waals surface area contributed by atoms with Crippen LogP contribution in [0.2, 0.25) is 0 Å². The van der Waals surface area contributed by atoms with Crippen LogP contribution >= 0.6 is 0 Å². The van der Waals surface area contributed by atoms with Crippen LogP contribution in [-0.4, -0.2) is 24.5 Å². The van der Waals surface area contributed by atoms with Crippen molar-refractivity contribution < 1.29 is 14.3 Å². The Hall–Kier alpha value is -1.32. The summed E-state index contributed by atoms with van der Waals surface area (Å²) in [6, 6.07) is 0.264. The van der Waals surface area contributed by atoms with Crippen LogP contribution in [-0.2, 0) is 14.3 Å². The summed E-state index contributed by atoms with van der Waals surface area (Å²) >= 11 is 0. The summed E-state index contributed by atoms with van der Waals surface area (Å²) in [7, 11) is 0. The Morgan fingerprint density at radius 1 is 1.29 bits per heavy atom. The summed E-state index contributed by atoms with van der Waals surface area (Å²) in [5, 5.41) is 2.80. The van der Waals surface area contributed by atoms with Gasteiger partial charge in [0.2, 0.25) is 5.91 Å². The van der Waals surface area contributed by atoms with E-state index in [1.807, 2.05) is 34.6 Å². The van der Waals surface area contributed by atoms with Gasteiger partial charge in [0.15, 0.2) is 0 Å². The second kappa shape index (κ2) is 11.2. The molecule has 0 saturated heterocycles. The summed E-state index contributed by atoms with van der Waals surface area (Å²) in [5.41, 5.74) is 0. The van der Waals surface area contributed by atoms with Gasteiger partial charge in [0, 0.05) is 18.0 Å². The molecule has 0 aliphatic rings. The molecule has 4 heteroatoms. The summed E-state index contributed by atoms with van der Waals surface area (Å²) in [6.45, 7) is 13.4. The lowest BCUT2D eigenvalue weighted by Gasteiger charge is -2.09. The van der Waals surface area contributed by atoms with Gasteiger partial charge in [-0.3, -0.25) is 4.79 Å². The van der Waals surface area contributed by atoms with Crippen molar-refractivity contribution in [3.63, 3.8) is 0 Å². The third-order valence-corrected chi connectivity index (χ3v) is 1.57. The van der Waals surface area contributed by atoms with Gasteiger partial charge in [-0.05, 0) is 20.3 Å². The maximum Gasteiger partial charge on any atom is 0.330 e. The molecule has 17 heavy (non-hydrogen) atoms. The summed E-state index contributed by atoms with van der Waals surface area (Å²) < 4.78 is 4.58. The predicted octanol–water partition coefficient (Wildman–Crippen LogP) is 2.29. The van der Waals surface area contributed by atoms with Crippen LogP contribution in [0.5, 0.6) is 0 Å². The molecule has 0 saturated carbocycles. The molecule has 0 fully saturated rings. The molecule has 0 spiro atoms. The zero-order valence-electron chi connectivity index (χ0n) is 11.6. The number of hydrogen-bond donors (Lipinski definition) is 1. The summed E-state index contributed by atoms with van der Waals surface area (Å²) in [5.74, 6) is -0.107. The number of carbonyl (C=O) groups is 2. The molecule has 0 aromatic rings. The first-order valence-electron chi connectivity index (χ1n) is 5.94. The maximum atomic E-state index is 10.8. The van der Waals surface area contributed by atoms with E-state index in [0.29, 0.717) is 6.61 Å². The largest absolute Gasteiger partial charge is 0.463 e. The molecule has 0 unspecified atom stereocenters. The van der Waals surface area contributed by atoms with Gasteiger partial charge in [0.05, 0.1) is 6.61 Å². The zero-order valence-corrected chi connectivity index (χ0v) is 11.6. The van der Waals surface area contributed by atoms with E-state index < -0.39 is 0 Å². The lowest BCUT2D eigenvalue weighted by atomic mass is 10.2. The van der Waals surface area contributed by atoms with E-state index in [9.17, 15) is 9.59 Å². The van der Waals surface area contributed by atoms with Gasteiger partial charge >= 0.3 is 5.97 Å². The van der Waals surface area contributed by atoms with Crippen molar-refractivity contribution in [2.45, 2.75) is 47.1 Å². The molecular formula is C13H25NO3. The second-order valence-electron chi connectivity index (χ2n) is 4.19. The number of rotatable bonds is 5. The van der Waals surface area contributed by atoms with Gasteiger partial charge in [-0.15, -0.1) is 0 Å². The molecule has 0 atom stereocenters. The number of nitrogens with one attached hydrogen (secondary N) is 1. The Labute approximate surface area is 104 Å². The van der Waals surface area contributed by atoms with Crippen LogP contribution in [0.3, 0.4) is 0 Å². The smallest absolute Gasteiger partial charge is 0.330 e. The quantitative estimate of drug-likeness (QED) is 0.595. The number of amides is 1. The van der Waals surface area contributed by atoms with Crippen molar-refractivity contribution >= 4 is 11.9 Å². The fraction of sp³-hybridized carbons (Fsp3) is 0.692. The van der Waals surface area contributed by atoms with Gasteiger partial charge in [-0.25, -0.2) is 4.79 Å². The van der Waals surface area contributed by atoms with Gasteiger partial charge in [0.1, 0.15) is 0 Å². The molecule has 0 aliphatic heterocycles. The van der Waals surface area contributed by atoms with Crippen molar-refractivity contribution in [2.75, 3.05) is 6.61 Å². The first kappa shape index (κ1) is 18.1. The first-order chi connectivity index (χ1) is 7.84. The SMILES string of the molecule is C=CC(=O)OCCC.CC(C)NC(=O)C(C)C. The number of hydrogen-bond acceptors (Lipinski definition) is 3. The monoisotopic (exact) mass is 243 g/mol. The molecule has 0 radical (unpaired) electrons. The van der Waals surface area contributed by atoms with E-state index in [4.69, 9.17) is 0 Å². The Balaban J connectivity index is 0. The van der Waals surface area contributed by atoms with Crippen LogP contribution in [0.15, 0.2) is 12.7 Å². The fourth-order valence-electron chi connectivity index (χ4n) is 0.713. The van der Waals surface area contributed by atoms with E-state index >= 15 is 0 Å². The van der Waals surface area contributed by atoms with Crippen molar-refractivity contribution in [2.24, 2.45) is 5.92 Å². The normalized spacial score (nSPS) is 9.35. The molecule has 0 aromatic heterocycles. The number of esters is 1. The van der Waals surface area contributed by atoms with Crippen molar-refractivity contribution in [3.8, 4) is 0 Å². The van der Waals surface area contributed by atoms with Gasteiger partial charge in [0.25, 0.3) is 0 Å². The molecule has 1 N–H and O–H groups in total. The second-order valence-corrected chi connectivity index (χ2v) is 4.19. The molecule has 0 aliphatic carbocycles. The van der Waals surface area contributed by atoms with E-state index in [1.54, 1.807) is 0 Å². The highest BCUT2D eigenvalue weighted by molar-refractivity contribution is 5.81. The molecular weight excluding hydrogens is 218 g/mol. The molecule has 0 heterocycles. The first-order valence-corrected chi connectivity index (χ1v) is 5.94. The third-order valence-electron chi connectivity index (χ3n) is 1.57. The minimum Gasteiger partial charge on any atom is -0.463 e. The zero-order chi connectivity index (χ0) is 13.8. The molecule has 0 aromatic carbocycles. The van der Waals surface area contributed by atoms with E-state index in [-0.39, 0.29) is 23.8 Å². The van der Waals surface area contributed by atoms with Crippen molar-refractivity contribution in [3.05, 3.63) is 12.7 Å². The van der Waals surface area contributed by atoms with Crippen molar-refractivity contribution in [1.82, 2.24) is 5.32 Å². The van der Waals surface area contributed by atoms with Gasteiger partial charge in [-0.2, -0.15) is 0 Å². The van der Waals surface area contributed by atoms with Crippen LogP contribution in [0.1, 0.15) is 41.0 Å². The average Bonchev–Trinajstić information content (AvgIpc) is 2.25. The Kier molecular flexibility index (Phi) is 11.9. The van der Waals surface area contributed by atoms with Crippen LogP contribution < -0.4 is 5.32 Å². The van der Waals surface area contributed by atoms with Gasteiger partial charge in [-0.1, -0.05) is 27.4 Å².